The van der Waals surface area contributed by atoms with E-state index in [1.165, 1.54) is 10.6 Å². The molecule has 0 spiro atoms. The molecule has 2 aromatic carbocycles. The Morgan fingerprint density at radius 2 is 1.83 bits per heavy atom. The van der Waals surface area contributed by atoms with Crippen LogP contribution >= 0.6 is 11.6 Å². The van der Waals surface area contributed by atoms with Crippen LogP contribution in [0, 0.1) is 0 Å². The summed E-state index contributed by atoms with van der Waals surface area (Å²) in [6, 6.07) is 13.0. The van der Waals surface area contributed by atoms with Crippen molar-refractivity contribution >= 4 is 38.3 Å². The molecular weight excluding hydrogens is 412 g/mol. The number of halogens is 1. The molecule has 29 heavy (non-hydrogen) atoms. The average Bonchev–Trinajstić information content (AvgIpc) is 2.73. The highest BCUT2D eigenvalue weighted by Gasteiger charge is 2.25. The summed E-state index contributed by atoms with van der Waals surface area (Å²) in [4.78, 5) is 8.57. The summed E-state index contributed by atoms with van der Waals surface area (Å²) in [5.74, 6) is 0.642. The summed E-state index contributed by atoms with van der Waals surface area (Å²) in [6.45, 7) is 2.13. The highest BCUT2D eigenvalue weighted by Crippen LogP contribution is 2.24. The molecule has 1 saturated heterocycles. The fraction of sp³-hybridized carbons (Fsp3) is 0.300. The minimum Gasteiger partial charge on any atom is -0.379 e. The molecule has 2 heterocycles. The van der Waals surface area contributed by atoms with Crippen LogP contribution in [0.25, 0.3) is 10.9 Å². The quantitative estimate of drug-likeness (QED) is 0.644. The second kappa shape index (κ2) is 8.62. The SMILES string of the molecule is O=S(=O)(Cc1ccccc1CNc1ncnc2cc(Cl)ccc12)N1CCOCC1. The average molecular weight is 433 g/mol. The molecule has 3 aromatic rings. The lowest BCUT2D eigenvalue weighted by molar-refractivity contribution is 0.0729. The van der Waals surface area contributed by atoms with Crippen LogP contribution in [-0.4, -0.2) is 49.0 Å². The van der Waals surface area contributed by atoms with Crippen LogP contribution in [0.1, 0.15) is 11.1 Å². The van der Waals surface area contributed by atoms with Crippen LogP contribution in [0.2, 0.25) is 5.02 Å². The van der Waals surface area contributed by atoms with Gasteiger partial charge in [-0.3, -0.25) is 0 Å². The van der Waals surface area contributed by atoms with E-state index in [-0.39, 0.29) is 5.75 Å². The van der Waals surface area contributed by atoms with E-state index in [0.29, 0.717) is 43.7 Å². The Labute approximate surface area is 174 Å². The van der Waals surface area contributed by atoms with Gasteiger partial charge in [0.25, 0.3) is 0 Å². The van der Waals surface area contributed by atoms with Gasteiger partial charge in [0.2, 0.25) is 10.0 Å². The van der Waals surface area contributed by atoms with Gasteiger partial charge in [0, 0.05) is 30.0 Å². The van der Waals surface area contributed by atoms with Crippen molar-refractivity contribution in [2.45, 2.75) is 12.3 Å². The van der Waals surface area contributed by atoms with Crippen molar-refractivity contribution < 1.29 is 13.2 Å². The Kier molecular flexibility index (Phi) is 5.96. The number of benzene rings is 2. The van der Waals surface area contributed by atoms with Crippen molar-refractivity contribution in [3.8, 4) is 0 Å². The maximum Gasteiger partial charge on any atom is 0.218 e. The molecule has 9 heteroatoms. The molecule has 0 saturated carbocycles. The van der Waals surface area contributed by atoms with Gasteiger partial charge in [-0.25, -0.2) is 18.4 Å². The third kappa shape index (κ3) is 4.67. The van der Waals surface area contributed by atoms with Crippen LogP contribution in [0.4, 0.5) is 5.82 Å². The molecule has 0 aliphatic carbocycles. The van der Waals surface area contributed by atoms with Gasteiger partial charge in [-0.15, -0.1) is 0 Å². The summed E-state index contributed by atoms with van der Waals surface area (Å²) in [5.41, 5.74) is 2.43. The lowest BCUT2D eigenvalue weighted by Gasteiger charge is -2.26. The van der Waals surface area contributed by atoms with E-state index in [4.69, 9.17) is 16.3 Å². The predicted octanol–water partition coefficient (Wildman–Crippen LogP) is 3.06. The van der Waals surface area contributed by atoms with Crippen molar-refractivity contribution in [2.24, 2.45) is 0 Å². The van der Waals surface area contributed by atoms with Crippen LogP contribution in [-0.2, 0) is 27.1 Å². The smallest absolute Gasteiger partial charge is 0.218 e. The number of rotatable bonds is 6. The van der Waals surface area contributed by atoms with Crippen molar-refractivity contribution in [3.63, 3.8) is 0 Å². The fourth-order valence-electron chi connectivity index (χ4n) is 3.33. The third-order valence-electron chi connectivity index (χ3n) is 4.86. The normalized spacial score (nSPS) is 15.5. The van der Waals surface area contributed by atoms with E-state index >= 15 is 0 Å². The maximum absolute atomic E-state index is 12.8. The van der Waals surface area contributed by atoms with Crippen LogP contribution in [0.3, 0.4) is 0 Å². The molecule has 4 rings (SSSR count). The van der Waals surface area contributed by atoms with E-state index in [0.717, 1.165) is 22.0 Å². The Morgan fingerprint density at radius 1 is 1.07 bits per heavy atom. The molecular formula is C20H21ClN4O3S. The number of morpholine rings is 1. The minimum atomic E-state index is -3.40. The lowest BCUT2D eigenvalue weighted by Crippen LogP contribution is -2.41. The number of fused-ring (bicyclic) bond motifs is 1. The molecule has 152 valence electrons. The Bertz CT molecular complexity index is 1120. The summed E-state index contributed by atoms with van der Waals surface area (Å²) >= 11 is 6.04. The second-order valence-corrected chi connectivity index (χ2v) is 9.18. The number of anilines is 1. The number of hydrogen-bond acceptors (Lipinski definition) is 6. The predicted molar refractivity (Wildman–Crippen MR) is 113 cm³/mol. The first-order chi connectivity index (χ1) is 14.0. The van der Waals surface area contributed by atoms with Crippen LogP contribution in [0.15, 0.2) is 48.8 Å². The van der Waals surface area contributed by atoms with E-state index in [1.54, 1.807) is 12.1 Å². The third-order valence-corrected chi connectivity index (χ3v) is 6.93. The maximum atomic E-state index is 12.8. The Morgan fingerprint density at radius 3 is 2.62 bits per heavy atom. The summed E-state index contributed by atoms with van der Waals surface area (Å²) in [7, 11) is -3.40. The van der Waals surface area contributed by atoms with Crippen LogP contribution < -0.4 is 5.32 Å². The molecule has 1 fully saturated rings. The number of aromatic nitrogens is 2. The molecule has 0 unspecified atom stereocenters. The second-order valence-electron chi connectivity index (χ2n) is 6.77. The molecule has 1 aliphatic rings. The molecule has 1 aromatic heterocycles. The molecule has 1 N–H and O–H groups in total. The molecule has 1 aliphatic heterocycles. The van der Waals surface area contributed by atoms with Gasteiger partial charge in [-0.05, 0) is 29.3 Å². The lowest BCUT2D eigenvalue weighted by atomic mass is 10.1. The number of nitrogens with zero attached hydrogens (tertiary/aromatic N) is 3. The monoisotopic (exact) mass is 432 g/mol. The van der Waals surface area contributed by atoms with Crippen molar-refractivity contribution in [3.05, 3.63) is 64.9 Å². The summed E-state index contributed by atoms with van der Waals surface area (Å²) in [6.07, 6.45) is 1.48. The highest BCUT2D eigenvalue weighted by molar-refractivity contribution is 7.88. The molecule has 0 atom stereocenters. The number of hydrogen-bond donors (Lipinski definition) is 1. The van der Waals surface area contributed by atoms with Crippen molar-refractivity contribution in [1.82, 2.24) is 14.3 Å². The first kappa shape index (κ1) is 20.0. The van der Waals surface area contributed by atoms with Gasteiger partial charge in [0.05, 0.1) is 24.5 Å². The standard InChI is InChI=1S/C20H21ClN4O3S/c21-17-5-6-18-19(11-17)23-14-24-20(18)22-12-15-3-1-2-4-16(15)13-29(26,27)25-7-9-28-10-8-25/h1-6,11,14H,7-10,12-13H2,(H,22,23,24). The zero-order chi connectivity index (χ0) is 20.3. The van der Waals surface area contributed by atoms with Crippen LogP contribution in [0.5, 0.6) is 0 Å². The van der Waals surface area contributed by atoms with E-state index in [9.17, 15) is 8.42 Å². The van der Waals surface area contributed by atoms with Gasteiger partial charge >= 0.3 is 0 Å². The molecule has 0 radical (unpaired) electrons. The summed E-state index contributed by atoms with van der Waals surface area (Å²) < 4.78 is 32.4. The molecule has 0 bridgehead atoms. The van der Waals surface area contributed by atoms with Gasteiger partial charge < -0.3 is 10.1 Å². The van der Waals surface area contributed by atoms with E-state index in [1.807, 2.05) is 30.3 Å². The molecule has 0 amide bonds. The van der Waals surface area contributed by atoms with E-state index in [2.05, 4.69) is 15.3 Å². The van der Waals surface area contributed by atoms with Gasteiger partial charge in [-0.2, -0.15) is 4.31 Å². The van der Waals surface area contributed by atoms with Gasteiger partial charge in [-0.1, -0.05) is 35.9 Å². The van der Waals surface area contributed by atoms with Crippen molar-refractivity contribution in [1.29, 1.82) is 0 Å². The largest absolute Gasteiger partial charge is 0.379 e. The Balaban J connectivity index is 1.53. The zero-order valence-corrected chi connectivity index (χ0v) is 17.3. The number of ether oxygens (including phenoxy) is 1. The number of nitrogens with one attached hydrogen (secondary N) is 1. The van der Waals surface area contributed by atoms with E-state index < -0.39 is 10.0 Å². The summed E-state index contributed by atoms with van der Waals surface area (Å²) in [5, 5.41) is 4.78. The first-order valence-electron chi connectivity index (χ1n) is 9.29. The zero-order valence-electron chi connectivity index (χ0n) is 15.7. The number of sulfonamides is 1. The first-order valence-corrected chi connectivity index (χ1v) is 11.3. The minimum absolute atomic E-state index is 0.0367. The van der Waals surface area contributed by atoms with Gasteiger partial charge in [0.15, 0.2) is 0 Å². The highest BCUT2D eigenvalue weighted by atomic mass is 35.5. The topological polar surface area (TPSA) is 84.4 Å². The Hall–Kier alpha value is -2.26. The van der Waals surface area contributed by atoms with Gasteiger partial charge in [0.1, 0.15) is 12.1 Å². The fourth-order valence-corrected chi connectivity index (χ4v) is 5.06. The molecule has 7 nitrogen and oxygen atoms in total. The van der Waals surface area contributed by atoms with Crippen molar-refractivity contribution in [2.75, 3.05) is 31.6 Å².